The van der Waals surface area contributed by atoms with Crippen LogP contribution in [-0.2, 0) is 4.79 Å². The van der Waals surface area contributed by atoms with Gasteiger partial charge in [-0.2, -0.15) is 0 Å². The summed E-state index contributed by atoms with van der Waals surface area (Å²) in [4.78, 5) is 16.6. The van der Waals surface area contributed by atoms with Crippen molar-refractivity contribution in [3.05, 3.63) is 23.2 Å². The zero-order chi connectivity index (χ0) is 18.5. The number of H-pyrrole nitrogens is 1. The summed E-state index contributed by atoms with van der Waals surface area (Å²) < 4.78 is 5.34. The Morgan fingerprint density at radius 2 is 2.15 bits per heavy atom. The predicted molar refractivity (Wildman–Crippen MR) is 104 cm³/mol. The van der Waals surface area contributed by atoms with Crippen molar-refractivity contribution in [2.75, 3.05) is 12.9 Å². The fraction of sp³-hybridized carbons (Fsp3) is 0.500. The molecule has 2 aromatic rings. The van der Waals surface area contributed by atoms with Crippen molar-refractivity contribution in [3.8, 4) is 17.1 Å². The van der Waals surface area contributed by atoms with Crippen molar-refractivity contribution in [2.24, 2.45) is 5.92 Å². The number of aromatic nitrogens is 3. The summed E-state index contributed by atoms with van der Waals surface area (Å²) in [7, 11) is 1.59. The van der Waals surface area contributed by atoms with Crippen LogP contribution in [0.3, 0.4) is 0 Å². The summed E-state index contributed by atoms with van der Waals surface area (Å²) in [5, 5.41) is 11.3. The number of benzene rings is 1. The molecule has 1 aliphatic carbocycles. The zero-order valence-corrected chi connectivity index (χ0v) is 16.5. The van der Waals surface area contributed by atoms with Crippen LogP contribution in [0.1, 0.15) is 32.6 Å². The minimum absolute atomic E-state index is 0.0289. The summed E-state index contributed by atoms with van der Waals surface area (Å²) >= 11 is 7.37. The van der Waals surface area contributed by atoms with Gasteiger partial charge >= 0.3 is 0 Å². The van der Waals surface area contributed by atoms with Gasteiger partial charge < -0.3 is 10.1 Å². The number of carbonyl (C=O) groups is 1. The molecule has 0 saturated heterocycles. The standard InChI is InChI=1S/C18H23ClN4O2S/c1-11-3-6-13(7-4-11)20-16(24)10-26-18-21-17(22-23-18)14-9-12(19)5-8-15(14)25-2/h5,8-9,11,13H,3-4,6-7,10H2,1-2H3,(H,20,24)(H,21,22,23). The Morgan fingerprint density at radius 3 is 2.88 bits per heavy atom. The third kappa shape index (κ3) is 4.92. The molecule has 1 saturated carbocycles. The van der Waals surface area contributed by atoms with Gasteiger partial charge in [0.25, 0.3) is 0 Å². The monoisotopic (exact) mass is 394 g/mol. The van der Waals surface area contributed by atoms with E-state index in [2.05, 4.69) is 27.4 Å². The van der Waals surface area contributed by atoms with Gasteiger partial charge in [-0.25, -0.2) is 4.98 Å². The highest BCUT2D eigenvalue weighted by atomic mass is 35.5. The molecule has 1 amide bonds. The Kier molecular flexibility index (Phi) is 6.43. The Balaban J connectivity index is 1.55. The second kappa shape index (κ2) is 8.77. The van der Waals surface area contributed by atoms with Gasteiger partial charge in [0.15, 0.2) is 5.82 Å². The average molecular weight is 395 g/mol. The SMILES string of the molecule is COc1ccc(Cl)cc1-c1nc(SCC(=O)NC2CCC(C)CC2)n[nH]1. The van der Waals surface area contributed by atoms with Gasteiger partial charge in [-0.3, -0.25) is 9.89 Å². The van der Waals surface area contributed by atoms with Crippen molar-refractivity contribution in [3.63, 3.8) is 0 Å². The lowest BCUT2D eigenvalue weighted by Crippen LogP contribution is -2.38. The highest BCUT2D eigenvalue weighted by molar-refractivity contribution is 7.99. The lowest BCUT2D eigenvalue weighted by Gasteiger charge is -2.26. The number of thioether (sulfide) groups is 1. The summed E-state index contributed by atoms with van der Waals surface area (Å²) in [5.74, 6) is 2.32. The molecule has 3 rings (SSSR count). The van der Waals surface area contributed by atoms with Gasteiger partial charge in [0.2, 0.25) is 11.1 Å². The first-order valence-electron chi connectivity index (χ1n) is 8.73. The van der Waals surface area contributed by atoms with Gasteiger partial charge in [0, 0.05) is 11.1 Å². The fourth-order valence-corrected chi connectivity index (χ4v) is 3.88. The summed E-state index contributed by atoms with van der Waals surface area (Å²) in [6, 6.07) is 5.61. The van der Waals surface area contributed by atoms with E-state index < -0.39 is 0 Å². The molecule has 0 spiro atoms. The number of rotatable bonds is 6. The van der Waals surface area contributed by atoms with Gasteiger partial charge in [-0.15, -0.1) is 5.10 Å². The maximum absolute atomic E-state index is 12.2. The Morgan fingerprint density at radius 1 is 1.38 bits per heavy atom. The third-order valence-electron chi connectivity index (χ3n) is 4.59. The van der Waals surface area contributed by atoms with E-state index in [0.29, 0.717) is 33.5 Å². The Labute approximate surface area is 162 Å². The van der Waals surface area contributed by atoms with Gasteiger partial charge in [-0.05, 0) is 49.8 Å². The maximum Gasteiger partial charge on any atom is 0.230 e. The maximum atomic E-state index is 12.2. The number of hydrogen-bond donors (Lipinski definition) is 2. The van der Waals surface area contributed by atoms with Crippen LogP contribution >= 0.6 is 23.4 Å². The van der Waals surface area contributed by atoms with Crippen LogP contribution in [-0.4, -0.2) is 40.0 Å². The second-order valence-electron chi connectivity index (χ2n) is 6.62. The third-order valence-corrected chi connectivity index (χ3v) is 5.68. The number of nitrogens with zero attached hydrogens (tertiary/aromatic N) is 2. The van der Waals surface area contributed by atoms with Crippen molar-refractivity contribution < 1.29 is 9.53 Å². The van der Waals surface area contributed by atoms with Gasteiger partial charge in [0.1, 0.15) is 5.75 Å². The van der Waals surface area contributed by atoms with Gasteiger partial charge in [0.05, 0.1) is 18.4 Å². The molecule has 0 radical (unpaired) electrons. The van der Waals surface area contributed by atoms with Gasteiger partial charge in [-0.1, -0.05) is 30.3 Å². The molecule has 1 fully saturated rings. The first-order chi connectivity index (χ1) is 12.5. The number of nitrogens with one attached hydrogen (secondary N) is 2. The Hall–Kier alpha value is -1.73. The number of ether oxygens (including phenoxy) is 1. The second-order valence-corrected chi connectivity index (χ2v) is 8.00. The summed E-state index contributed by atoms with van der Waals surface area (Å²) in [6.07, 6.45) is 4.50. The molecule has 6 nitrogen and oxygen atoms in total. The molecule has 140 valence electrons. The normalized spacial score (nSPS) is 20.0. The minimum atomic E-state index is 0.0289. The highest BCUT2D eigenvalue weighted by Gasteiger charge is 2.20. The van der Waals surface area contributed by atoms with E-state index >= 15 is 0 Å². The molecule has 1 aromatic heterocycles. The van der Waals surface area contributed by atoms with Crippen LogP contribution in [0.2, 0.25) is 5.02 Å². The van der Waals surface area contributed by atoms with E-state index in [1.54, 1.807) is 25.3 Å². The van der Waals surface area contributed by atoms with Crippen LogP contribution in [0.25, 0.3) is 11.4 Å². The molecule has 8 heteroatoms. The molecule has 2 N–H and O–H groups in total. The molecule has 1 heterocycles. The topological polar surface area (TPSA) is 79.9 Å². The van der Waals surface area contributed by atoms with Crippen molar-refractivity contribution in [2.45, 2.75) is 43.8 Å². The van der Waals surface area contributed by atoms with Crippen LogP contribution in [0.4, 0.5) is 0 Å². The van der Waals surface area contributed by atoms with E-state index in [4.69, 9.17) is 16.3 Å². The highest BCUT2D eigenvalue weighted by Crippen LogP contribution is 2.31. The molecule has 1 aliphatic rings. The molecular formula is C18H23ClN4O2S. The fourth-order valence-electron chi connectivity index (χ4n) is 3.10. The zero-order valence-electron chi connectivity index (χ0n) is 14.9. The largest absolute Gasteiger partial charge is 0.496 e. The smallest absolute Gasteiger partial charge is 0.230 e. The van der Waals surface area contributed by atoms with E-state index in [1.807, 2.05) is 0 Å². The first-order valence-corrected chi connectivity index (χ1v) is 10.1. The average Bonchev–Trinajstić information content (AvgIpc) is 3.11. The summed E-state index contributed by atoms with van der Waals surface area (Å²) in [6.45, 7) is 2.27. The van der Waals surface area contributed by atoms with E-state index in [9.17, 15) is 4.79 Å². The van der Waals surface area contributed by atoms with Crippen molar-refractivity contribution in [1.29, 1.82) is 0 Å². The lowest BCUT2D eigenvalue weighted by molar-refractivity contribution is -0.119. The van der Waals surface area contributed by atoms with Crippen molar-refractivity contribution in [1.82, 2.24) is 20.5 Å². The Bertz CT molecular complexity index is 759. The summed E-state index contributed by atoms with van der Waals surface area (Å²) in [5.41, 5.74) is 0.736. The molecule has 0 bridgehead atoms. The molecule has 1 aromatic carbocycles. The van der Waals surface area contributed by atoms with Crippen LogP contribution in [0.15, 0.2) is 23.4 Å². The van der Waals surface area contributed by atoms with E-state index in [1.165, 1.54) is 24.6 Å². The molecular weight excluding hydrogens is 372 g/mol. The van der Waals surface area contributed by atoms with E-state index in [0.717, 1.165) is 24.3 Å². The number of methoxy groups -OCH3 is 1. The van der Waals surface area contributed by atoms with E-state index in [-0.39, 0.29) is 5.91 Å². The number of carbonyl (C=O) groups excluding carboxylic acids is 1. The number of aromatic amines is 1. The number of hydrogen-bond acceptors (Lipinski definition) is 5. The quantitative estimate of drug-likeness (QED) is 0.726. The van der Waals surface area contributed by atoms with Crippen LogP contribution < -0.4 is 10.1 Å². The lowest BCUT2D eigenvalue weighted by atomic mass is 9.87. The number of amides is 1. The minimum Gasteiger partial charge on any atom is -0.496 e. The predicted octanol–water partition coefficient (Wildman–Crippen LogP) is 3.92. The molecule has 0 unspecified atom stereocenters. The molecule has 0 aliphatic heterocycles. The van der Waals surface area contributed by atoms with Crippen molar-refractivity contribution >= 4 is 29.3 Å². The number of halogens is 1. The molecule has 0 atom stereocenters. The first kappa shape index (κ1) is 19.0. The van der Waals surface area contributed by atoms with Crippen LogP contribution in [0, 0.1) is 5.92 Å². The molecule has 26 heavy (non-hydrogen) atoms. The van der Waals surface area contributed by atoms with Crippen LogP contribution in [0.5, 0.6) is 5.75 Å².